The Morgan fingerprint density at radius 3 is 2.95 bits per heavy atom. The number of carbonyl (C=O) groups is 2. The first-order valence-electron chi connectivity index (χ1n) is 6.54. The third-order valence-electron chi connectivity index (χ3n) is 3.62. The zero-order chi connectivity index (χ0) is 13.2. The van der Waals surface area contributed by atoms with Crippen molar-refractivity contribution in [3.05, 3.63) is 34.9 Å². The molecule has 0 bridgehead atoms. The second-order valence-electron chi connectivity index (χ2n) is 4.97. The molecule has 5 nitrogen and oxygen atoms in total. The van der Waals surface area contributed by atoms with Gasteiger partial charge >= 0.3 is 6.09 Å². The number of rotatable bonds is 3. The summed E-state index contributed by atoms with van der Waals surface area (Å²) in [5.74, 6) is -0.158. The largest absolute Gasteiger partial charge is 0.445 e. The molecule has 1 saturated heterocycles. The van der Waals surface area contributed by atoms with Gasteiger partial charge in [0, 0.05) is 6.54 Å². The van der Waals surface area contributed by atoms with Crippen molar-refractivity contribution in [3.8, 4) is 0 Å². The van der Waals surface area contributed by atoms with Crippen molar-refractivity contribution in [1.29, 1.82) is 0 Å². The normalized spacial score (nSPS) is 20.2. The summed E-state index contributed by atoms with van der Waals surface area (Å²) in [5.41, 5.74) is 3.76. The molecule has 100 valence electrons. The van der Waals surface area contributed by atoms with Crippen molar-refractivity contribution in [2.45, 2.75) is 31.9 Å². The smallest absolute Gasteiger partial charge is 0.408 e. The van der Waals surface area contributed by atoms with Crippen LogP contribution < -0.4 is 10.6 Å². The Morgan fingerprint density at radius 1 is 1.37 bits per heavy atom. The number of aryl methyl sites for hydroxylation is 2. The van der Waals surface area contributed by atoms with E-state index >= 15 is 0 Å². The van der Waals surface area contributed by atoms with E-state index in [-0.39, 0.29) is 12.5 Å². The zero-order valence-corrected chi connectivity index (χ0v) is 10.6. The highest BCUT2D eigenvalue weighted by Crippen LogP contribution is 2.23. The third-order valence-corrected chi connectivity index (χ3v) is 3.62. The summed E-state index contributed by atoms with van der Waals surface area (Å²) in [6.45, 7) is 0.722. The van der Waals surface area contributed by atoms with Gasteiger partial charge in [0.05, 0.1) is 0 Å². The molecule has 1 atom stereocenters. The fourth-order valence-corrected chi connectivity index (χ4v) is 2.45. The number of benzene rings is 1. The Balaban J connectivity index is 1.51. The number of amides is 2. The van der Waals surface area contributed by atoms with Crippen molar-refractivity contribution >= 4 is 12.0 Å². The maximum Gasteiger partial charge on any atom is 0.408 e. The molecule has 2 N–H and O–H groups in total. The summed E-state index contributed by atoms with van der Waals surface area (Å²) in [5, 5.41) is 5.07. The molecule has 1 heterocycles. The average molecular weight is 260 g/mol. The van der Waals surface area contributed by atoms with Gasteiger partial charge in [-0.1, -0.05) is 18.2 Å². The highest BCUT2D eigenvalue weighted by Gasteiger charge is 2.29. The number of alkyl carbamates (subject to hydrolysis) is 1. The minimum Gasteiger partial charge on any atom is -0.445 e. The number of hydrogen-bond donors (Lipinski definition) is 2. The van der Waals surface area contributed by atoms with Gasteiger partial charge in [-0.15, -0.1) is 0 Å². The van der Waals surface area contributed by atoms with E-state index in [0.29, 0.717) is 6.54 Å². The molecule has 0 unspecified atom stereocenters. The van der Waals surface area contributed by atoms with Gasteiger partial charge in [0.25, 0.3) is 0 Å². The van der Waals surface area contributed by atoms with Crippen LogP contribution in [0.5, 0.6) is 0 Å². The molecular formula is C14H16N2O3. The highest BCUT2D eigenvalue weighted by atomic mass is 16.5. The van der Waals surface area contributed by atoms with Crippen LogP contribution in [0.1, 0.15) is 23.1 Å². The number of hydrogen-bond acceptors (Lipinski definition) is 3. The van der Waals surface area contributed by atoms with Crippen LogP contribution in [0.4, 0.5) is 4.79 Å². The molecule has 19 heavy (non-hydrogen) atoms. The molecule has 2 aliphatic rings. The lowest BCUT2D eigenvalue weighted by Gasteiger charge is -2.26. The van der Waals surface area contributed by atoms with Gasteiger partial charge in [0.15, 0.2) is 0 Å². The van der Waals surface area contributed by atoms with Crippen LogP contribution in [0.3, 0.4) is 0 Å². The van der Waals surface area contributed by atoms with E-state index in [4.69, 9.17) is 4.74 Å². The number of fused-ring (bicyclic) bond motifs is 1. The lowest BCUT2D eigenvalue weighted by Crippen LogP contribution is -2.61. The quantitative estimate of drug-likeness (QED) is 0.793. The lowest BCUT2D eigenvalue weighted by molar-refractivity contribution is -0.128. The third kappa shape index (κ3) is 2.54. The molecular weight excluding hydrogens is 244 g/mol. The Kier molecular flexibility index (Phi) is 3.11. The number of β-lactam (4-membered cyclic amide) rings is 1. The Bertz CT molecular complexity index is 527. The van der Waals surface area contributed by atoms with Crippen LogP contribution in [-0.4, -0.2) is 24.6 Å². The minimum absolute atomic E-state index is 0.158. The summed E-state index contributed by atoms with van der Waals surface area (Å²) in [6, 6.07) is 5.77. The maximum absolute atomic E-state index is 11.5. The molecule has 0 spiro atoms. The van der Waals surface area contributed by atoms with E-state index < -0.39 is 12.1 Å². The molecule has 1 fully saturated rings. The molecule has 2 amide bonds. The fraction of sp³-hybridized carbons (Fsp3) is 0.429. The lowest BCUT2D eigenvalue weighted by atomic mass is 10.1. The predicted octanol–water partition coefficient (Wildman–Crippen LogP) is 0.900. The SMILES string of the molecule is O=C(N[C@H]1CNC1=O)OCc1ccc2c(c1)CCC2. The molecule has 1 aromatic carbocycles. The number of nitrogens with one attached hydrogen (secondary N) is 2. The number of ether oxygens (including phenoxy) is 1. The molecule has 5 heteroatoms. The monoisotopic (exact) mass is 260 g/mol. The van der Waals surface area contributed by atoms with Crippen molar-refractivity contribution in [2.24, 2.45) is 0 Å². The molecule has 3 rings (SSSR count). The Labute approximate surface area is 111 Å². The zero-order valence-electron chi connectivity index (χ0n) is 10.6. The fourth-order valence-electron chi connectivity index (χ4n) is 2.45. The van der Waals surface area contributed by atoms with E-state index in [2.05, 4.69) is 22.8 Å². The molecule has 0 aromatic heterocycles. The summed E-state index contributed by atoms with van der Waals surface area (Å²) < 4.78 is 5.11. The number of carbonyl (C=O) groups excluding carboxylic acids is 2. The van der Waals surface area contributed by atoms with Gasteiger partial charge < -0.3 is 15.4 Å². The van der Waals surface area contributed by atoms with E-state index in [1.165, 1.54) is 17.5 Å². The summed E-state index contributed by atoms with van der Waals surface area (Å²) in [7, 11) is 0. The molecule has 0 radical (unpaired) electrons. The van der Waals surface area contributed by atoms with Crippen molar-refractivity contribution in [1.82, 2.24) is 10.6 Å². The van der Waals surface area contributed by atoms with Crippen LogP contribution in [0.15, 0.2) is 18.2 Å². The molecule has 1 aliphatic heterocycles. The highest BCUT2D eigenvalue weighted by molar-refractivity contribution is 5.90. The van der Waals surface area contributed by atoms with Crippen LogP contribution in [0, 0.1) is 0 Å². The summed E-state index contributed by atoms with van der Waals surface area (Å²) in [4.78, 5) is 22.5. The second kappa shape index (κ2) is 4.91. The first kappa shape index (κ1) is 12.0. The van der Waals surface area contributed by atoms with Gasteiger partial charge in [-0.25, -0.2) is 4.79 Å². The van der Waals surface area contributed by atoms with Gasteiger partial charge in [-0.2, -0.15) is 0 Å². The second-order valence-corrected chi connectivity index (χ2v) is 4.97. The standard InChI is InChI=1S/C14H16N2O3/c17-13-12(7-15-13)16-14(18)19-8-9-4-5-10-2-1-3-11(10)6-9/h4-6,12H,1-3,7-8H2,(H,15,17)(H,16,18)/t12-/m0/s1. The van der Waals surface area contributed by atoms with Crippen molar-refractivity contribution in [3.63, 3.8) is 0 Å². The average Bonchev–Trinajstić information content (AvgIpc) is 2.88. The van der Waals surface area contributed by atoms with E-state index in [1.807, 2.05) is 6.07 Å². The minimum atomic E-state index is -0.541. The summed E-state index contributed by atoms with van der Waals surface area (Å²) >= 11 is 0. The van der Waals surface area contributed by atoms with Gasteiger partial charge in [0.2, 0.25) is 5.91 Å². The summed E-state index contributed by atoms with van der Waals surface area (Å²) in [6.07, 6.45) is 2.92. The Morgan fingerprint density at radius 2 is 2.21 bits per heavy atom. The van der Waals surface area contributed by atoms with E-state index in [0.717, 1.165) is 18.4 Å². The van der Waals surface area contributed by atoms with E-state index in [9.17, 15) is 9.59 Å². The molecule has 0 saturated carbocycles. The van der Waals surface area contributed by atoms with E-state index in [1.54, 1.807) is 0 Å². The van der Waals surface area contributed by atoms with Gasteiger partial charge in [-0.3, -0.25) is 4.79 Å². The Hall–Kier alpha value is -2.04. The van der Waals surface area contributed by atoms with Crippen molar-refractivity contribution in [2.75, 3.05) is 6.54 Å². The van der Waals surface area contributed by atoms with Gasteiger partial charge in [-0.05, 0) is 36.0 Å². The predicted molar refractivity (Wildman–Crippen MR) is 68.6 cm³/mol. The molecule has 1 aliphatic carbocycles. The van der Waals surface area contributed by atoms with Crippen molar-refractivity contribution < 1.29 is 14.3 Å². The van der Waals surface area contributed by atoms with Crippen LogP contribution in [-0.2, 0) is 29.0 Å². The maximum atomic E-state index is 11.5. The van der Waals surface area contributed by atoms with Crippen LogP contribution >= 0.6 is 0 Å². The topological polar surface area (TPSA) is 67.4 Å². The van der Waals surface area contributed by atoms with Crippen LogP contribution in [0.2, 0.25) is 0 Å². The van der Waals surface area contributed by atoms with Crippen LogP contribution in [0.25, 0.3) is 0 Å². The first-order chi connectivity index (χ1) is 9.22. The first-order valence-corrected chi connectivity index (χ1v) is 6.54. The molecule has 1 aromatic rings. The van der Waals surface area contributed by atoms with Gasteiger partial charge in [0.1, 0.15) is 12.6 Å².